The number of aliphatic hydroxyl groups excluding tert-OH is 1. The molecule has 1 amide bonds. The van der Waals surface area contributed by atoms with Crippen molar-refractivity contribution in [2.75, 3.05) is 19.1 Å². The van der Waals surface area contributed by atoms with Crippen LogP contribution in [0.5, 0.6) is 5.75 Å². The van der Waals surface area contributed by atoms with Crippen LogP contribution in [0.1, 0.15) is 38.1 Å². The summed E-state index contributed by atoms with van der Waals surface area (Å²) in [5, 5.41) is 11.5. The highest BCUT2D eigenvalue weighted by atomic mass is 79.9. The Morgan fingerprint density at radius 1 is 1.14 bits per heavy atom. The fraction of sp³-hybridized carbons (Fsp3) is 0.200. The van der Waals surface area contributed by atoms with Crippen molar-refractivity contribution < 1.29 is 29.0 Å². The van der Waals surface area contributed by atoms with Gasteiger partial charge in [0.15, 0.2) is 5.13 Å². The highest BCUT2D eigenvalue weighted by Gasteiger charge is 2.48. The van der Waals surface area contributed by atoms with Crippen LogP contribution in [-0.2, 0) is 14.3 Å². The number of nitrogens with zero attached hydrogens (tertiary/aromatic N) is 2. The van der Waals surface area contributed by atoms with Gasteiger partial charge in [0.25, 0.3) is 5.78 Å². The van der Waals surface area contributed by atoms with Gasteiger partial charge in [0.05, 0.1) is 31.5 Å². The standard InChI is InChI=1S/C25H21BrN2O6S/c1-12-10-16(33-3)8-9-17(12)20(29)18-19(14-6-5-7-15(26)11-14)28(23(31)21(18)30)25-27-13(2)22(35-25)24(32)34-4/h5-11,19,29H,1-4H3/t19-/m1/s1. The zero-order valence-corrected chi connectivity index (χ0v) is 21.7. The number of halogens is 1. The van der Waals surface area contributed by atoms with Crippen molar-refractivity contribution in [1.82, 2.24) is 4.98 Å². The minimum atomic E-state index is -0.968. The molecule has 2 aromatic carbocycles. The van der Waals surface area contributed by atoms with Crippen LogP contribution in [0.2, 0.25) is 0 Å². The molecule has 0 bridgehead atoms. The highest BCUT2D eigenvalue weighted by molar-refractivity contribution is 9.10. The molecule has 3 aromatic rings. The molecule has 1 fully saturated rings. The number of methoxy groups -OCH3 is 2. The molecule has 35 heavy (non-hydrogen) atoms. The van der Waals surface area contributed by atoms with Gasteiger partial charge in [-0.2, -0.15) is 0 Å². The lowest BCUT2D eigenvalue weighted by Gasteiger charge is -2.23. The second kappa shape index (κ2) is 9.63. The maximum atomic E-state index is 13.3. The molecule has 1 atom stereocenters. The lowest BCUT2D eigenvalue weighted by molar-refractivity contribution is -0.132. The topological polar surface area (TPSA) is 106 Å². The first-order valence-electron chi connectivity index (χ1n) is 10.4. The molecular formula is C25H21BrN2O6S. The molecule has 8 nitrogen and oxygen atoms in total. The average molecular weight is 557 g/mol. The number of carbonyl (C=O) groups is 3. The predicted octanol–water partition coefficient (Wildman–Crippen LogP) is 4.94. The number of hydrogen-bond donors (Lipinski definition) is 1. The van der Waals surface area contributed by atoms with Gasteiger partial charge in [0, 0.05) is 10.0 Å². The summed E-state index contributed by atoms with van der Waals surface area (Å²) < 4.78 is 10.8. The van der Waals surface area contributed by atoms with Gasteiger partial charge in [0.1, 0.15) is 16.4 Å². The number of thiazole rings is 1. The smallest absolute Gasteiger partial charge is 0.350 e. The van der Waals surface area contributed by atoms with E-state index in [1.165, 1.54) is 19.1 Å². The van der Waals surface area contributed by atoms with Gasteiger partial charge in [-0.15, -0.1) is 0 Å². The van der Waals surface area contributed by atoms with E-state index in [2.05, 4.69) is 20.9 Å². The van der Waals surface area contributed by atoms with Crippen molar-refractivity contribution in [2.24, 2.45) is 0 Å². The van der Waals surface area contributed by atoms with Crippen LogP contribution in [0.25, 0.3) is 5.76 Å². The number of esters is 1. The Labute approximate surface area is 213 Å². The molecular weight excluding hydrogens is 536 g/mol. The normalized spacial score (nSPS) is 17.1. The number of anilines is 1. The van der Waals surface area contributed by atoms with Crippen LogP contribution in [0.3, 0.4) is 0 Å². The fourth-order valence-corrected chi connectivity index (χ4v) is 5.39. The van der Waals surface area contributed by atoms with Crippen molar-refractivity contribution in [2.45, 2.75) is 19.9 Å². The van der Waals surface area contributed by atoms with Crippen molar-refractivity contribution in [3.8, 4) is 5.75 Å². The Morgan fingerprint density at radius 2 is 1.89 bits per heavy atom. The number of Topliss-reactive ketones (excluding diaryl/α,β-unsaturated/α-hetero) is 1. The minimum absolute atomic E-state index is 0.0752. The zero-order valence-electron chi connectivity index (χ0n) is 19.3. The van der Waals surface area contributed by atoms with E-state index in [4.69, 9.17) is 9.47 Å². The number of rotatable bonds is 5. The van der Waals surface area contributed by atoms with Crippen LogP contribution < -0.4 is 9.64 Å². The van der Waals surface area contributed by atoms with E-state index in [1.54, 1.807) is 50.2 Å². The van der Waals surface area contributed by atoms with Crippen LogP contribution in [0.4, 0.5) is 5.13 Å². The summed E-state index contributed by atoms with van der Waals surface area (Å²) in [6.45, 7) is 3.40. The van der Waals surface area contributed by atoms with E-state index < -0.39 is 23.7 Å². The minimum Gasteiger partial charge on any atom is -0.507 e. The van der Waals surface area contributed by atoms with Gasteiger partial charge in [-0.1, -0.05) is 39.4 Å². The summed E-state index contributed by atoms with van der Waals surface area (Å²) in [5.74, 6) is -2.01. The molecule has 0 aliphatic carbocycles. The Bertz CT molecular complexity index is 1400. The SMILES string of the molecule is COC(=O)c1sc(N2C(=O)C(=O)C(=C(O)c3ccc(OC)cc3C)[C@H]2c2cccc(Br)c2)nc1C. The number of hydrogen-bond acceptors (Lipinski definition) is 8. The molecule has 0 spiro atoms. The number of ether oxygens (including phenoxy) is 2. The number of aryl methyl sites for hydroxylation is 2. The number of aliphatic hydroxyl groups is 1. The quantitative estimate of drug-likeness (QED) is 0.205. The lowest BCUT2D eigenvalue weighted by Crippen LogP contribution is -2.29. The van der Waals surface area contributed by atoms with Crippen molar-refractivity contribution in [3.63, 3.8) is 0 Å². The highest BCUT2D eigenvalue weighted by Crippen LogP contribution is 2.44. The average Bonchev–Trinajstić information content (AvgIpc) is 3.34. The third-order valence-corrected chi connectivity index (χ3v) is 7.29. The number of amides is 1. The summed E-state index contributed by atoms with van der Waals surface area (Å²) in [6, 6.07) is 11.2. The third kappa shape index (κ3) is 4.35. The van der Waals surface area contributed by atoms with Crippen molar-refractivity contribution in [1.29, 1.82) is 0 Å². The van der Waals surface area contributed by atoms with Gasteiger partial charge < -0.3 is 14.6 Å². The molecule has 4 rings (SSSR count). The van der Waals surface area contributed by atoms with Gasteiger partial charge in [0.2, 0.25) is 0 Å². The van der Waals surface area contributed by atoms with Gasteiger partial charge in [-0.25, -0.2) is 9.78 Å². The molecule has 1 aliphatic heterocycles. The molecule has 10 heteroatoms. The van der Waals surface area contributed by atoms with Crippen LogP contribution >= 0.6 is 27.3 Å². The van der Waals surface area contributed by atoms with Gasteiger partial charge in [-0.05, 0) is 55.3 Å². The number of benzene rings is 2. The first kappa shape index (κ1) is 24.6. The number of carbonyl (C=O) groups excluding carboxylic acids is 3. The first-order valence-corrected chi connectivity index (χ1v) is 12.1. The Hall–Kier alpha value is -3.50. The monoisotopic (exact) mass is 556 g/mol. The van der Waals surface area contributed by atoms with Crippen LogP contribution in [0, 0.1) is 13.8 Å². The fourth-order valence-electron chi connectivity index (χ4n) is 3.96. The van der Waals surface area contributed by atoms with E-state index in [0.29, 0.717) is 28.1 Å². The summed E-state index contributed by atoms with van der Waals surface area (Å²) >= 11 is 4.38. The van der Waals surface area contributed by atoms with E-state index in [9.17, 15) is 19.5 Å². The number of aromatic nitrogens is 1. The van der Waals surface area contributed by atoms with Gasteiger partial charge in [-0.3, -0.25) is 14.5 Å². The maximum Gasteiger partial charge on any atom is 0.350 e. The first-order chi connectivity index (χ1) is 16.7. The second-order valence-corrected chi connectivity index (χ2v) is 9.70. The largest absolute Gasteiger partial charge is 0.507 e. The van der Waals surface area contributed by atoms with E-state index in [0.717, 1.165) is 15.8 Å². The van der Waals surface area contributed by atoms with E-state index in [1.807, 2.05) is 6.07 Å². The third-order valence-electron chi connectivity index (χ3n) is 5.66. The van der Waals surface area contributed by atoms with Crippen molar-refractivity contribution >= 4 is 55.8 Å². The number of ketones is 1. The van der Waals surface area contributed by atoms with E-state index >= 15 is 0 Å². The van der Waals surface area contributed by atoms with Crippen LogP contribution in [-0.4, -0.2) is 42.0 Å². The van der Waals surface area contributed by atoms with Crippen LogP contribution in [0.15, 0.2) is 52.5 Å². The predicted molar refractivity (Wildman–Crippen MR) is 135 cm³/mol. The van der Waals surface area contributed by atoms with E-state index in [-0.39, 0.29) is 21.3 Å². The second-order valence-electron chi connectivity index (χ2n) is 7.81. The molecule has 1 aromatic heterocycles. The Kier molecular flexibility index (Phi) is 6.77. The van der Waals surface area contributed by atoms with Gasteiger partial charge >= 0.3 is 11.9 Å². The molecule has 0 radical (unpaired) electrons. The molecule has 1 N–H and O–H groups in total. The Balaban J connectivity index is 1.95. The molecule has 0 saturated carbocycles. The molecule has 1 saturated heterocycles. The molecule has 1 aliphatic rings. The molecule has 180 valence electrons. The summed E-state index contributed by atoms with van der Waals surface area (Å²) in [6.07, 6.45) is 0. The van der Waals surface area contributed by atoms with Crippen molar-refractivity contribution in [3.05, 3.63) is 79.8 Å². The maximum absolute atomic E-state index is 13.3. The summed E-state index contributed by atoms with van der Waals surface area (Å²) in [4.78, 5) is 44.6. The summed E-state index contributed by atoms with van der Waals surface area (Å²) in [7, 11) is 2.79. The molecule has 2 heterocycles. The summed E-state index contributed by atoms with van der Waals surface area (Å²) in [5.41, 5.74) is 1.94. The lowest BCUT2D eigenvalue weighted by atomic mass is 9.94. The molecule has 0 unspecified atom stereocenters. The Morgan fingerprint density at radius 3 is 2.51 bits per heavy atom. The zero-order chi connectivity index (χ0) is 25.4.